The minimum Gasteiger partial charge on any atom is -0.481 e. The summed E-state index contributed by atoms with van der Waals surface area (Å²) in [6.45, 7) is 3.91. The van der Waals surface area contributed by atoms with Gasteiger partial charge in [-0.1, -0.05) is 12.1 Å². The van der Waals surface area contributed by atoms with E-state index in [1.54, 1.807) is 0 Å². The highest BCUT2D eigenvalue weighted by Gasteiger charge is 2.05. The third-order valence-electron chi connectivity index (χ3n) is 2.82. The Kier molecular flexibility index (Phi) is 3.46. The summed E-state index contributed by atoms with van der Waals surface area (Å²) >= 11 is 0. The normalized spacial score (nSPS) is 10.6. The molecule has 1 aromatic heterocycles. The minimum absolute atomic E-state index is 0.158. The molecule has 0 aliphatic carbocycles. The molecule has 0 saturated carbocycles. The van der Waals surface area contributed by atoms with Gasteiger partial charge in [-0.05, 0) is 38.0 Å². The van der Waals surface area contributed by atoms with Gasteiger partial charge in [0, 0.05) is 18.3 Å². The average Bonchev–Trinajstić information content (AvgIpc) is 2.66. The largest absolute Gasteiger partial charge is 0.481 e. The maximum Gasteiger partial charge on any atom is 0.303 e. The summed E-state index contributed by atoms with van der Waals surface area (Å²) < 4.78 is 2.01. The summed E-state index contributed by atoms with van der Waals surface area (Å²) in [5, 5.41) is 8.69. The van der Waals surface area contributed by atoms with Gasteiger partial charge in [0.2, 0.25) is 0 Å². The van der Waals surface area contributed by atoms with Crippen molar-refractivity contribution in [3.63, 3.8) is 0 Å². The van der Waals surface area contributed by atoms with Crippen LogP contribution in [0.5, 0.6) is 0 Å². The number of carboxylic acid groups (broad SMARTS) is 1. The van der Waals surface area contributed by atoms with Crippen LogP contribution in [0.15, 0.2) is 30.5 Å². The summed E-state index contributed by atoms with van der Waals surface area (Å²) in [5.41, 5.74) is 3.03. The number of hydrogen-bond acceptors (Lipinski definition) is 2. The Bertz CT molecular complexity index is 573. The molecule has 0 bridgehead atoms. The fraction of sp³-hybridized carbons (Fsp3) is 0.286. The molecule has 2 aromatic rings. The zero-order chi connectivity index (χ0) is 13.1. The van der Waals surface area contributed by atoms with E-state index in [1.165, 1.54) is 0 Å². The predicted octanol–water partition coefficient (Wildman–Crippen LogP) is 2.51. The molecule has 0 atom stereocenters. The van der Waals surface area contributed by atoms with Crippen molar-refractivity contribution in [1.82, 2.24) is 9.55 Å². The van der Waals surface area contributed by atoms with Crippen molar-refractivity contribution < 1.29 is 9.90 Å². The van der Waals surface area contributed by atoms with Crippen molar-refractivity contribution >= 4 is 5.97 Å². The molecular formula is C14H16N2O2. The van der Waals surface area contributed by atoms with Crippen LogP contribution in [-0.2, 0) is 11.2 Å². The lowest BCUT2D eigenvalue weighted by Crippen LogP contribution is -1.99. The molecule has 1 heterocycles. The second-order valence-corrected chi connectivity index (χ2v) is 4.36. The zero-order valence-corrected chi connectivity index (χ0v) is 10.6. The Labute approximate surface area is 106 Å². The molecule has 94 valence electrons. The van der Waals surface area contributed by atoms with E-state index >= 15 is 0 Å². The van der Waals surface area contributed by atoms with Crippen LogP contribution in [0.25, 0.3) is 5.69 Å². The zero-order valence-electron chi connectivity index (χ0n) is 10.6. The van der Waals surface area contributed by atoms with E-state index in [0.29, 0.717) is 6.42 Å². The summed E-state index contributed by atoms with van der Waals surface area (Å²) in [5.74, 6) is 0.165. The number of aliphatic carboxylic acids is 1. The van der Waals surface area contributed by atoms with E-state index in [0.717, 1.165) is 22.8 Å². The summed E-state index contributed by atoms with van der Waals surface area (Å²) in [6.07, 6.45) is 2.69. The van der Waals surface area contributed by atoms with Crippen LogP contribution in [0.3, 0.4) is 0 Å². The van der Waals surface area contributed by atoms with Gasteiger partial charge in [-0.25, -0.2) is 4.98 Å². The van der Waals surface area contributed by atoms with Crippen molar-refractivity contribution in [2.45, 2.75) is 26.7 Å². The lowest BCUT2D eigenvalue weighted by atomic mass is 10.1. The van der Waals surface area contributed by atoms with Crippen molar-refractivity contribution in [1.29, 1.82) is 0 Å². The lowest BCUT2D eigenvalue weighted by molar-refractivity contribution is -0.136. The standard InChI is InChI=1S/C14H16N2O2/c1-10-9-16(11(2)15-10)13-5-3-4-12(8-13)6-7-14(17)18/h3-5,8-9H,6-7H2,1-2H3,(H,17,18). The SMILES string of the molecule is Cc1cn(-c2cccc(CCC(=O)O)c2)c(C)n1. The maximum absolute atomic E-state index is 10.6. The van der Waals surface area contributed by atoms with Gasteiger partial charge in [0.25, 0.3) is 0 Å². The summed E-state index contributed by atoms with van der Waals surface area (Å²) in [7, 11) is 0. The molecule has 18 heavy (non-hydrogen) atoms. The predicted molar refractivity (Wildman–Crippen MR) is 69.0 cm³/mol. The molecule has 1 aromatic carbocycles. The van der Waals surface area contributed by atoms with E-state index in [2.05, 4.69) is 4.98 Å². The third-order valence-corrected chi connectivity index (χ3v) is 2.82. The van der Waals surface area contributed by atoms with Crippen LogP contribution >= 0.6 is 0 Å². The van der Waals surface area contributed by atoms with E-state index in [1.807, 2.05) is 48.9 Å². The maximum atomic E-state index is 10.6. The molecule has 0 fully saturated rings. The molecule has 2 rings (SSSR count). The van der Waals surface area contributed by atoms with Gasteiger partial charge in [-0.2, -0.15) is 0 Å². The van der Waals surface area contributed by atoms with Crippen LogP contribution < -0.4 is 0 Å². The van der Waals surface area contributed by atoms with E-state index in [-0.39, 0.29) is 6.42 Å². The van der Waals surface area contributed by atoms with Crippen molar-refractivity contribution in [3.05, 3.63) is 47.5 Å². The molecule has 4 heteroatoms. The number of imidazole rings is 1. The smallest absolute Gasteiger partial charge is 0.303 e. The lowest BCUT2D eigenvalue weighted by Gasteiger charge is -2.07. The number of carboxylic acids is 1. The van der Waals surface area contributed by atoms with Crippen molar-refractivity contribution in [3.8, 4) is 5.69 Å². The van der Waals surface area contributed by atoms with Gasteiger partial charge in [0.1, 0.15) is 5.82 Å². The van der Waals surface area contributed by atoms with Crippen molar-refractivity contribution in [2.24, 2.45) is 0 Å². The van der Waals surface area contributed by atoms with Crippen LogP contribution in [0.1, 0.15) is 23.5 Å². The van der Waals surface area contributed by atoms with Gasteiger partial charge in [-0.15, -0.1) is 0 Å². The molecule has 0 spiro atoms. The number of nitrogens with zero attached hydrogens (tertiary/aromatic N) is 2. The van der Waals surface area contributed by atoms with Gasteiger partial charge in [-0.3, -0.25) is 4.79 Å². The number of aryl methyl sites for hydroxylation is 3. The molecule has 0 saturated heterocycles. The first-order chi connectivity index (χ1) is 8.56. The Morgan fingerprint density at radius 1 is 1.39 bits per heavy atom. The molecular weight excluding hydrogens is 228 g/mol. The molecule has 0 unspecified atom stereocenters. The number of rotatable bonds is 4. The Hall–Kier alpha value is -2.10. The number of hydrogen-bond donors (Lipinski definition) is 1. The quantitative estimate of drug-likeness (QED) is 0.899. The minimum atomic E-state index is -0.768. The number of benzene rings is 1. The highest BCUT2D eigenvalue weighted by molar-refractivity contribution is 5.67. The van der Waals surface area contributed by atoms with Crippen LogP contribution in [0, 0.1) is 13.8 Å². The second-order valence-electron chi connectivity index (χ2n) is 4.36. The monoisotopic (exact) mass is 244 g/mol. The topological polar surface area (TPSA) is 55.1 Å². The van der Waals surface area contributed by atoms with Gasteiger partial charge in [0.05, 0.1) is 5.69 Å². The Balaban J connectivity index is 2.27. The molecule has 0 aliphatic heterocycles. The Morgan fingerprint density at radius 3 is 2.78 bits per heavy atom. The molecule has 0 radical (unpaired) electrons. The van der Waals surface area contributed by atoms with E-state index in [9.17, 15) is 4.79 Å². The molecule has 0 amide bonds. The Morgan fingerprint density at radius 2 is 2.17 bits per heavy atom. The first-order valence-electron chi connectivity index (χ1n) is 5.90. The number of aromatic nitrogens is 2. The molecule has 1 N–H and O–H groups in total. The fourth-order valence-corrected chi connectivity index (χ4v) is 1.99. The first kappa shape index (κ1) is 12.4. The van der Waals surface area contributed by atoms with Gasteiger partial charge in [0.15, 0.2) is 0 Å². The fourth-order valence-electron chi connectivity index (χ4n) is 1.99. The summed E-state index contributed by atoms with van der Waals surface area (Å²) in [6, 6.07) is 7.91. The summed E-state index contributed by atoms with van der Waals surface area (Å²) in [4.78, 5) is 14.9. The highest BCUT2D eigenvalue weighted by atomic mass is 16.4. The van der Waals surface area contributed by atoms with Gasteiger partial charge >= 0.3 is 5.97 Å². The van der Waals surface area contributed by atoms with Crippen molar-refractivity contribution in [2.75, 3.05) is 0 Å². The first-order valence-corrected chi connectivity index (χ1v) is 5.90. The van der Waals surface area contributed by atoms with E-state index in [4.69, 9.17) is 5.11 Å². The average molecular weight is 244 g/mol. The van der Waals surface area contributed by atoms with E-state index < -0.39 is 5.97 Å². The second kappa shape index (κ2) is 5.04. The number of carbonyl (C=O) groups is 1. The van der Waals surface area contributed by atoms with Gasteiger partial charge < -0.3 is 9.67 Å². The third kappa shape index (κ3) is 2.77. The highest BCUT2D eigenvalue weighted by Crippen LogP contribution is 2.15. The van der Waals surface area contributed by atoms with Crippen LogP contribution in [0.2, 0.25) is 0 Å². The van der Waals surface area contributed by atoms with Crippen LogP contribution in [0.4, 0.5) is 0 Å². The molecule has 4 nitrogen and oxygen atoms in total. The molecule has 0 aliphatic rings. The van der Waals surface area contributed by atoms with Crippen LogP contribution in [-0.4, -0.2) is 20.6 Å².